The molecule has 2 rings (SSSR count). The summed E-state index contributed by atoms with van der Waals surface area (Å²) < 4.78 is 5.49. The molecule has 0 aromatic heterocycles. The monoisotopic (exact) mass is 296 g/mol. The van der Waals surface area contributed by atoms with E-state index >= 15 is 0 Å². The van der Waals surface area contributed by atoms with Crippen LogP contribution in [0.3, 0.4) is 0 Å². The van der Waals surface area contributed by atoms with Gasteiger partial charge < -0.3 is 15.4 Å². The number of halogens is 1. The zero-order chi connectivity index (χ0) is 14.5. The first-order valence-corrected chi connectivity index (χ1v) is 7.33. The molecule has 0 radical (unpaired) electrons. The molecule has 1 heterocycles. The summed E-state index contributed by atoms with van der Waals surface area (Å²) in [6, 6.07) is 3.85. The zero-order valence-corrected chi connectivity index (χ0v) is 12.7. The summed E-state index contributed by atoms with van der Waals surface area (Å²) in [5, 5.41) is 6.55. The van der Waals surface area contributed by atoms with Crippen molar-refractivity contribution in [3.8, 4) is 0 Å². The van der Waals surface area contributed by atoms with Crippen LogP contribution in [0, 0.1) is 13.8 Å². The van der Waals surface area contributed by atoms with Gasteiger partial charge in [-0.25, -0.2) is 0 Å². The lowest BCUT2D eigenvalue weighted by Crippen LogP contribution is -2.33. The second-order valence-corrected chi connectivity index (χ2v) is 5.66. The zero-order valence-electron chi connectivity index (χ0n) is 12.0. The molecule has 1 amide bonds. The van der Waals surface area contributed by atoms with Gasteiger partial charge in [0.25, 0.3) is 0 Å². The number of hydrogen-bond donors (Lipinski definition) is 2. The van der Waals surface area contributed by atoms with Gasteiger partial charge in [-0.05, 0) is 43.9 Å². The Balaban J connectivity index is 1.82. The van der Waals surface area contributed by atoms with E-state index in [-0.39, 0.29) is 18.6 Å². The maximum atomic E-state index is 11.9. The molecule has 1 aliphatic rings. The Morgan fingerprint density at radius 2 is 2.25 bits per heavy atom. The van der Waals surface area contributed by atoms with Crippen molar-refractivity contribution >= 4 is 23.2 Å². The van der Waals surface area contributed by atoms with Crippen LogP contribution in [0.15, 0.2) is 12.1 Å². The average molecular weight is 297 g/mol. The molecular weight excluding hydrogens is 276 g/mol. The van der Waals surface area contributed by atoms with Crippen LogP contribution in [0.2, 0.25) is 5.02 Å². The Labute approximate surface area is 124 Å². The van der Waals surface area contributed by atoms with Crippen LogP contribution in [-0.2, 0) is 9.53 Å². The van der Waals surface area contributed by atoms with Gasteiger partial charge in [-0.1, -0.05) is 17.7 Å². The van der Waals surface area contributed by atoms with Gasteiger partial charge in [-0.2, -0.15) is 0 Å². The summed E-state index contributed by atoms with van der Waals surface area (Å²) >= 11 is 6.16. The SMILES string of the molecule is Cc1cc(C)c(NC(=O)CNCC2CCCO2)c(Cl)c1. The minimum absolute atomic E-state index is 0.0862. The van der Waals surface area contributed by atoms with Crippen molar-refractivity contribution in [1.82, 2.24) is 5.32 Å². The molecule has 4 nitrogen and oxygen atoms in total. The maximum absolute atomic E-state index is 11.9. The number of amides is 1. The van der Waals surface area contributed by atoms with Crippen molar-refractivity contribution in [2.75, 3.05) is 25.0 Å². The van der Waals surface area contributed by atoms with Gasteiger partial charge in [0.15, 0.2) is 0 Å². The first-order valence-electron chi connectivity index (χ1n) is 6.95. The number of rotatable bonds is 5. The predicted octanol–water partition coefficient (Wildman–Crippen LogP) is 2.66. The van der Waals surface area contributed by atoms with Crippen molar-refractivity contribution in [2.24, 2.45) is 0 Å². The molecule has 1 aromatic carbocycles. The van der Waals surface area contributed by atoms with Crippen LogP contribution in [-0.4, -0.2) is 31.7 Å². The predicted molar refractivity (Wildman–Crippen MR) is 81.4 cm³/mol. The van der Waals surface area contributed by atoms with Gasteiger partial charge in [0.1, 0.15) is 0 Å². The van der Waals surface area contributed by atoms with Crippen LogP contribution < -0.4 is 10.6 Å². The molecule has 110 valence electrons. The Morgan fingerprint density at radius 1 is 1.45 bits per heavy atom. The highest BCUT2D eigenvalue weighted by Crippen LogP contribution is 2.27. The van der Waals surface area contributed by atoms with E-state index in [2.05, 4.69) is 10.6 Å². The van der Waals surface area contributed by atoms with Crippen molar-refractivity contribution in [3.05, 3.63) is 28.3 Å². The highest BCUT2D eigenvalue weighted by atomic mass is 35.5. The first kappa shape index (κ1) is 15.3. The van der Waals surface area contributed by atoms with E-state index in [1.807, 2.05) is 26.0 Å². The van der Waals surface area contributed by atoms with Crippen LogP contribution in [0.1, 0.15) is 24.0 Å². The summed E-state index contributed by atoms with van der Waals surface area (Å²) in [5.41, 5.74) is 2.76. The molecular formula is C15H21ClN2O2. The summed E-state index contributed by atoms with van der Waals surface area (Å²) in [6.07, 6.45) is 2.42. The molecule has 0 spiro atoms. The van der Waals surface area contributed by atoms with E-state index in [1.54, 1.807) is 0 Å². The van der Waals surface area contributed by atoms with Gasteiger partial charge in [-0.3, -0.25) is 4.79 Å². The minimum atomic E-state index is -0.0862. The minimum Gasteiger partial charge on any atom is -0.377 e. The lowest BCUT2D eigenvalue weighted by molar-refractivity contribution is -0.115. The van der Waals surface area contributed by atoms with Gasteiger partial charge >= 0.3 is 0 Å². The van der Waals surface area contributed by atoms with Crippen LogP contribution in [0.5, 0.6) is 0 Å². The van der Waals surface area contributed by atoms with E-state index in [9.17, 15) is 4.79 Å². The van der Waals surface area contributed by atoms with Gasteiger partial charge in [-0.15, -0.1) is 0 Å². The fourth-order valence-electron chi connectivity index (χ4n) is 2.41. The molecule has 0 aliphatic carbocycles. The van der Waals surface area contributed by atoms with Crippen LogP contribution in [0.4, 0.5) is 5.69 Å². The quantitative estimate of drug-likeness (QED) is 0.878. The Bertz CT molecular complexity index is 462. The Morgan fingerprint density at radius 3 is 2.90 bits per heavy atom. The number of anilines is 1. The Hall–Kier alpha value is -1.10. The van der Waals surface area contributed by atoms with Gasteiger partial charge in [0.05, 0.1) is 23.4 Å². The number of ether oxygens (including phenoxy) is 1. The van der Waals surface area contributed by atoms with E-state index < -0.39 is 0 Å². The largest absolute Gasteiger partial charge is 0.377 e. The molecule has 1 aromatic rings. The number of nitrogens with one attached hydrogen (secondary N) is 2. The van der Waals surface area contributed by atoms with Crippen LogP contribution >= 0.6 is 11.6 Å². The number of benzene rings is 1. The smallest absolute Gasteiger partial charge is 0.238 e. The molecule has 1 atom stereocenters. The third kappa shape index (κ3) is 4.20. The fraction of sp³-hybridized carbons (Fsp3) is 0.533. The van der Waals surface area contributed by atoms with E-state index in [4.69, 9.17) is 16.3 Å². The molecule has 1 unspecified atom stereocenters. The molecule has 1 saturated heterocycles. The summed E-state index contributed by atoms with van der Waals surface area (Å²) in [4.78, 5) is 11.9. The molecule has 0 saturated carbocycles. The lowest BCUT2D eigenvalue weighted by Gasteiger charge is -2.13. The van der Waals surface area contributed by atoms with E-state index in [0.29, 0.717) is 17.3 Å². The number of carbonyl (C=O) groups excluding carboxylic acids is 1. The van der Waals surface area contributed by atoms with Crippen molar-refractivity contribution in [1.29, 1.82) is 0 Å². The highest BCUT2D eigenvalue weighted by Gasteiger charge is 2.15. The summed E-state index contributed by atoms with van der Waals surface area (Å²) in [5.74, 6) is -0.0862. The topological polar surface area (TPSA) is 50.4 Å². The third-order valence-corrected chi connectivity index (χ3v) is 3.68. The normalized spacial score (nSPS) is 18.2. The summed E-state index contributed by atoms with van der Waals surface area (Å²) in [6.45, 7) is 5.73. The molecule has 1 aliphatic heterocycles. The average Bonchev–Trinajstić information content (AvgIpc) is 2.87. The molecule has 20 heavy (non-hydrogen) atoms. The number of carbonyl (C=O) groups is 1. The Kier molecular flexibility index (Phi) is 5.40. The standard InChI is InChI=1S/C15H21ClN2O2/c1-10-6-11(2)15(13(16)7-10)18-14(19)9-17-8-12-4-3-5-20-12/h6-7,12,17H,3-5,8-9H2,1-2H3,(H,18,19). The lowest BCUT2D eigenvalue weighted by atomic mass is 10.1. The van der Waals surface area contributed by atoms with Gasteiger partial charge in [0, 0.05) is 13.2 Å². The molecule has 1 fully saturated rings. The van der Waals surface area contributed by atoms with Crippen molar-refractivity contribution in [2.45, 2.75) is 32.8 Å². The highest BCUT2D eigenvalue weighted by molar-refractivity contribution is 6.34. The van der Waals surface area contributed by atoms with Crippen molar-refractivity contribution in [3.63, 3.8) is 0 Å². The first-order chi connectivity index (χ1) is 9.56. The molecule has 0 bridgehead atoms. The van der Waals surface area contributed by atoms with E-state index in [0.717, 1.165) is 30.6 Å². The number of aryl methyl sites for hydroxylation is 2. The third-order valence-electron chi connectivity index (χ3n) is 3.38. The number of hydrogen-bond acceptors (Lipinski definition) is 3. The second-order valence-electron chi connectivity index (χ2n) is 5.25. The summed E-state index contributed by atoms with van der Waals surface area (Å²) in [7, 11) is 0. The molecule has 5 heteroatoms. The maximum Gasteiger partial charge on any atom is 0.238 e. The van der Waals surface area contributed by atoms with Crippen molar-refractivity contribution < 1.29 is 9.53 Å². The fourth-order valence-corrected chi connectivity index (χ4v) is 2.78. The second kappa shape index (κ2) is 7.07. The van der Waals surface area contributed by atoms with Gasteiger partial charge in [0.2, 0.25) is 5.91 Å². The van der Waals surface area contributed by atoms with E-state index in [1.165, 1.54) is 0 Å². The van der Waals surface area contributed by atoms with Crippen LogP contribution in [0.25, 0.3) is 0 Å². The molecule has 2 N–H and O–H groups in total.